The van der Waals surface area contributed by atoms with Crippen molar-refractivity contribution in [2.75, 3.05) is 0 Å². The van der Waals surface area contributed by atoms with Gasteiger partial charge in [-0.05, 0) is 42.0 Å². The number of para-hydroxylation sites is 1. The van der Waals surface area contributed by atoms with Crippen molar-refractivity contribution in [3.8, 4) is 0 Å². The Bertz CT molecular complexity index is 1230. The quantitative estimate of drug-likeness (QED) is 0.438. The van der Waals surface area contributed by atoms with Crippen LogP contribution in [0, 0.1) is 0 Å². The molecule has 156 valence electrons. The van der Waals surface area contributed by atoms with Crippen LogP contribution >= 0.6 is 0 Å². The van der Waals surface area contributed by atoms with E-state index in [1.54, 1.807) is 0 Å². The number of aromatic nitrogens is 1. The molecule has 0 spiro atoms. The highest BCUT2D eigenvalue weighted by molar-refractivity contribution is 5.98. The van der Waals surface area contributed by atoms with Crippen LogP contribution in [0.1, 0.15) is 51.6 Å². The molecule has 2 N–H and O–H groups in total. The molecule has 0 saturated carbocycles. The number of nitrogens with zero attached hydrogens (tertiary/aromatic N) is 1. The van der Waals surface area contributed by atoms with E-state index >= 15 is 0 Å². The largest absolute Gasteiger partial charge is 0.477 e. The molecule has 1 unspecified atom stereocenters. The first-order chi connectivity index (χ1) is 15.2. The average Bonchev–Trinajstić information content (AvgIpc) is 3.12. The highest BCUT2D eigenvalue weighted by Crippen LogP contribution is 2.32. The van der Waals surface area contributed by atoms with Crippen LogP contribution in [0.3, 0.4) is 0 Å². The first-order valence-corrected chi connectivity index (χ1v) is 10.9. The molecule has 31 heavy (non-hydrogen) atoms. The highest BCUT2D eigenvalue weighted by Gasteiger charge is 2.24. The third-order valence-electron chi connectivity index (χ3n) is 6.36. The molecular weight excluding hydrogens is 384 g/mol. The Morgan fingerprint density at radius 3 is 2.55 bits per heavy atom. The lowest BCUT2D eigenvalue weighted by atomic mass is 9.87. The van der Waals surface area contributed by atoms with Crippen molar-refractivity contribution in [2.24, 2.45) is 0 Å². The van der Waals surface area contributed by atoms with Gasteiger partial charge in [0.2, 0.25) is 0 Å². The molecule has 3 aromatic carbocycles. The molecule has 4 heteroatoms. The molecule has 0 saturated heterocycles. The van der Waals surface area contributed by atoms with E-state index in [0.717, 1.165) is 41.3 Å². The second kappa shape index (κ2) is 8.40. The highest BCUT2D eigenvalue weighted by atomic mass is 16.4. The predicted octanol–water partition coefficient (Wildman–Crippen LogP) is 5.56. The van der Waals surface area contributed by atoms with Crippen LogP contribution in [0.25, 0.3) is 10.9 Å². The molecule has 1 aromatic heterocycles. The van der Waals surface area contributed by atoms with E-state index in [0.29, 0.717) is 18.8 Å². The van der Waals surface area contributed by atoms with E-state index in [1.165, 1.54) is 11.1 Å². The number of hydrogen-bond donors (Lipinski definition) is 2. The van der Waals surface area contributed by atoms with E-state index in [9.17, 15) is 9.90 Å². The van der Waals surface area contributed by atoms with Gasteiger partial charge in [-0.2, -0.15) is 0 Å². The maximum absolute atomic E-state index is 12.4. The first-order valence-electron chi connectivity index (χ1n) is 10.9. The maximum Gasteiger partial charge on any atom is 0.352 e. The summed E-state index contributed by atoms with van der Waals surface area (Å²) in [6.45, 7) is 1.07. The molecule has 0 radical (unpaired) electrons. The smallest absolute Gasteiger partial charge is 0.352 e. The number of hydrogen-bond acceptors (Lipinski definition) is 2. The van der Waals surface area contributed by atoms with Gasteiger partial charge in [0.05, 0.1) is 0 Å². The molecule has 0 fully saturated rings. The van der Waals surface area contributed by atoms with Gasteiger partial charge in [-0.3, -0.25) is 0 Å². The second-order valence-electron chi connectivity index (χ2n) is 8.25. The summed E-state index contributed by atoms with van der Waals surface area (Å²) in [5, 5.41) is 14.9. The van der Waals surface area contributed by atoms with E-state index < -0.39 is 5.97 Å². The minimum Gasteiger partial charge on any atom is -0.477 e. The molecule has 5 rings (SSSR count). The van der Waals surface area contributed by atoms with Gasteiger partial charge in [0.25, 0.3) is 0 Å². The minimum atomic E-state index is -0.882. The standard InChI is InChI=1S/C27H26N2O2/c30-27(31)26-23(17-28-24-15-8-12-20-11-4-5-13-21(20)24)22-14-6-7-16-25(22)29(26)18-19-9-2-1-3-10-19/h1-7,9-11,13-14,16,24,28H,8,12,15,17-18H2,(H,30,31). The molecule has 4 aromatic rings. The number of aromatic carboxylic acids is 1. The van der Waals surface area contributed by atoms with Crippen LogP contribution in [-0.4, -0.2) is 15.6 Å². The van der Waals surface area contributed by atoms with Crippen molar-refractivity contribution in [1.82, 2.24) is 9.88 Å². The number of rotatable bonds is 6. The fourth-order valence-electron chi connectivity index (χ4n) is 4.92. The molecule has 1 atom stereocenters. The van der Waals surface area contributed by atoms with Gasteiger partial charge in [-0.15, -0.1) is 0 Å². The maximum atomic E-state index is 12.4. The Balaban J connectivity index is 1.53. The normalized spacial score (nSPS) is 15.7. The van der Waals surface area contributed by atoms with Crippen LogP contribution in [0.2, 0.25) is 0 Å². The van der Waals surface area contributed by atoms with Gasteiger partial charge in [0, 0.05) is 35.6 Å². The Kier molecular flexibility index (Phi) is 5.31. The molecule has 1 aliphatic carbocycles. The first kappa shape index (κ1) is 19.6. The van der Waals surface area contributed by atoms with Gasteiger partial charge in [-0.1, -0.05) is 72.8 Å². The van der Waals surface area contributed by atoms with Crippen molar-refractivity contribution in [1.29, 1.82) is 0 Å². The third kappa shape index (κ3) is 3.75. The molecular formula is C27H26N2O2. The van der Waals surface area contributed by atoms with Crippen LogP contribution in [-0.2, 0) is 19.5 Å². The summed E-state index contributed by atoms with van der Waals surface area (Å²) in [7, 11) is 0. The average molecular weight is 411 g/mol. The topological polar surface area (TPSA) is 54.3 Å². The third-order valence-corrected chi connectivity index (χ3v) is 6.36. The van der Waals surface area contributed by atoms with Gasteiger partial charge >= 0.3 is 5.97 Å². The summed E-state index contributed by atoms with van der Waals surface area (Å²) in [6.07, 6.45) is 3.34. The van der Waals surface area contributed by atoms with Crippen LogP contribution < -0.4 is 5.32 Å². The van der Waals surface area contributed by atoms with Gasteiger partial charge < -0.3 is 15.0 Å². The summed E-state index contributed by atoms with van der Waals surface area (Å²) in [6, 6.07) is 26.9. The zero-order chi connectivity index (χ0) is 21.2. The lowest BCUT2D eigenvalue weighted by Gasteiger charge is -2.26. The van der Waals surface area contributed by atoms with Gasteiger partial charge in [-0.25, -0.2) is 4.79 Å². The summed E-state index contributed by atoms with van der Waals surface area (Å²) in [5.74, 6) is -0.882. The number of carboxylic acid groups (broad SMARTS) is 1. The van der Waals surface area contributed by atoms with Gasteiger partial charge in [0.15, 0.2) is 0 Å². The fraction of sp³-hybridized carbons (Fsp3) is 0.222. The molecule has 0 bridgehead atoms. The molecule has 1 heterocycles. The Morgan fingerprint density at radius 1 is 0.968 bits per heavy atom. The van der Waals surface area contributed by atoms with Crippen LogP contribution in [0.5, 0.6) is 0 Å². The predicted molar refractivity (Wildman–Crippen MR) is 123 cm³/mol. The zero-order valence-corrected chi connectivity index (χ0v) is 17.4. The van der Waals surface area contributed by atoms with Crippen molar-refractivity contribution in [2.45, 2.75) is 38.4 Å². The molecule has 0 amide bonds. The van der Waals surface area contributed by atoms with Crippen molar-refractivity contribution in [3.05, 3.63) is 107 Å². The van der Waals surface area contributed by atoms with Crippen molar-refractivity contribution in [3.63, 3.8) is 0 Å². The number of fused-ring (bicyclic) bond motifs is 2. The summed E-state index contributed by atoms with van der Waals surface area (Å²) in [5.41, 5.74) is 6.04. The van der Waals surface area contributed by atoms with E-state index in [4.69, 9.17) is 0 Å². The van der Waals surface area contributed by atoms with E-state index in [1.807, 2.05) is 59.2 Å². The monoisotopic (exact) mass is 410 g/mol. The summed E-state index contributed by atoms with van der Waals surface area (Å²) >= 11 is 0. The van der Waals surface area contributed by atoms with Crippen LogP contribution in [0.15, 0.2) is 78.9 Å². The SMILES string of the molecule is O=C(O)c1c(CNC2CCCc3ccccc32)c2ccccc2n1Cc1ccccc1. The number of carboxylic acids is 1. The lowest BCUT2D eigenvalue weighted by Crippen LogP contribution is -2.25. The second-order valence-corrected chi connectivity index (χ2v) is 8.25. The van der Waals surface area contributed by atoms with E-state index in [-0.39, 0.29) is 6.04 Å². The van der Waals surface area contributed by atoms with E-state index in [2.05, 4.69) is 29.6 Å². The Hall–Kier alpha value is -3.37. The molecule has 4 nitrogen and oxygen atoms in total. The number of benzene rings is 3. The summed E-state index contributed by atoms with van der Waals surface area (Å²) < 4.78 is 1.94. The number of carbonyl (C=O) groups is 1. The lowest BCUT2D eigenvalue weighted by molar-refractivity contribution is 0.0684. The number of aryl methyl sites for hydroxylation is 1. The van der Waals surface area contributed by atoms with Gasteiger partial charge in [0.1, 0.15) is 5.69 Å². The number of nitrogens with one attached hydrogen (secondary N) is 1. The van der Waals surface area contributed by atoms with Crippen LogP contribution in [0.4, 0.5) is 0 Å². The Morgan fingerprint density at radius 2 is 1.71 bits per heavy atom. The van der Waals surface area contributed by atoms with Crippen molar-refractivity contribution >= 4 is 16.9 Å². The fourth-order valence-corrected chi connectivity index (χ4v) is 4.92. The Labute approximate surface area is 182 Å². The molecule has 1 aliphatic rings. The summed E-state index contributed by atoms with van der Waals surface area (Å²) in [4.78, 5) is 12.4. The molecule has 0 aliphatic heterocycles. The minimum absolute atomic E-state index is 0.253. The van der Waals surface area contributed by atoms with Crippen molar-refractivity contribution < 1.29 is 9.90 Å². The zero-order valence-electron chi connectivity index (χ0n) is 17.4.